The highest BCUT2D eigenvalue weighted by Gasteiger charge is 2.22. The summed E-state index contributed by atoms with van der Waals surface area (Å²) in [4.78, 5) is 0. The van der Waals surface area contributed by atoms with Crippen molar-refractivity contribution >= 4 is 23.0 Å². The molecule has 2 N–H and O–H groups in total. The first-order valence-electron chi connectivity index (χ1n) is 4.79. The van der Waals surface area contributed by atoms with Crippen LogP contribution in [-0.2, 0) is 0 Å². The molecule has 1 saturated carbocycles. The Balaban J connectivity index is 2.08. The van der Waals surface area contributed by atoms with Gasteiger partial charge in [-0.1, -0.05) is 0 Å². The van der Waals surface area contributed by atoms with Crippen LogP contribution in [0.25, 0.3) is 0 Å². The van der Waals surface area contributed by atoms with E-state index >= 15 is 0 Å². The summed E-state index contributed by atoms with van der Waals surface area (Å²) in [6, 6.07) is 2.27. The van der Waals surface area contributed by atoms with E-state index in [-0.39, 0.29) is 10.8 Å². The van der Waals surface area contributed by atoms with Crippen LogP contribution in [0, 0.1) is 17.5 Å². The zero-order valence-corrected chi connectivity index (χ0v) is 9.00. The molecule has 16 heavy (non-hydrogen) atoms. The fourth-order valence-corrected chi connectivity index (χ4v) is 1.47. The second-order valence-electron chi connectivity index (χ2n) is 3.60. The normalized spacial score (nSPS) is 14.7. The Hall–Kier alpha value is -1.30. The summed E-state index contributed by atoms with van der Waals surface area (Å²) in [6.07, 6.45) is 2.03. The van der Waals surface area contributed by atoms with Crippen LogP contribution >= 0.6 is 12.2 Å². The van der Waals surface area contributed by atoms with Crippen molar-refractivity contribution in [1.29, 1.82) is 0 Å². The molecule has 0 amide bonds. The van der Waals surface area contributed by atoms with Gasteiger partial charge < -0.3 is 10.6 Å². The first-order valence-corrected chi connectivity index (χ1v) is 5.20. The van der Waals surface area contributed by atoms with Crippen LogP contribution in [0.1, 0.15) is 12.8 Å². The predicted molar refractivity (Wildman–Crippen MR) is 58.7 cm³/mol. The van der Waals surface area contributed by atoms with Crippen LogP contribution in [0.15, 0.2) is 12.1 Å². The second-order valence-corrected chi connectivity index (χ2v) is 4.00. The largest absolute Gasteiger partial charge is 0.360 e. The summed E-state index contributed by atoms with van der Waals surface area (Å²) in [6.45, 7) is 0. The van der Waals surface area contributed by atoms with Crippen molar-refractivity contribution in [3.05, 3.63) is 29.6 Å². The molecule has 0 heterocycles. The van der Waals surface area contributed by atoms with Gasteiger partial charge in [0.25, 0.3) is 0 Å². The zero-order chi connectivity index (χ0) is 11.7. The fraction of sp³-hybridized carbons (Fsp3) is 0.300. The van der Waals surface area contributed by atoms with Crippen molar-refractivity contribution in [3.8, 4) is 0 Å². The van der Waals surface area contributed by atoms with Crippen LogP contribution in [0.2, 0.25) is 0 Å². The number of benzene rings is 1. The number of halogens is 3. The van der Waals surface area contributed by atoms with E-state index in [2.05, 4.69) is 10.6 Å². The summed E-state index contributed by atoms with van der Waals surface area (Å²) in [7, 11) is 0. The Bertz CT molecular complexity index is 432. The molecule has 86 valence electrons. The lowest BCUT2D eigenvalue weighted by Gasteiger charge is -2.10. The fourth-order valence-electron chi connectivity index (χ4n) is 1.19. The molecular formula is C10H9F3N2S. The van der Waals surface area contributed by atoms with Gasteiger partial charge in [0.05, 0.1) is 5.69 Å². The predicted octanol–water partition coefficient (Wildman–Crippen LogP) is 2.55. The molecule has 0 aliphatic heterocycles. The summed E-state index contributed by atoms with van der Waals surface area (Å²) in [5, 5.41) is 5.60. The van der Waals surface area contributed by atoms with Gasteiger partial charge >= 0.3 is 0 Å². The minimum atomic E-state index is -1.50. The maximum absolute atomic E-state index is 13.2. The third-order valence-electron chi connectivity index (χ3n) is 2.20. The summed E-state index contributed by atoms with van der Waals surface area (Å²) in [5.41, 5.74) is -0.169. The minimum Gasteiger partial charge on any atom is -0.360 e. The smallest absolute Gasteiger partial charge is 0.196 e. The third-order valence-corrected chi connectivity index (χ3v) is 2.42. The summed E-state index contributed by atoms with van der Waals surface area (Å²) in [5.74, 6) is -3.98. The number of hydrogen-bond donors (Lipinski definition) is 2. The molecule has 1 aliphatic carbocycles. The zero-order valence-electron chi connectivity index (χ0n) is 8.19. The molecular weight excluding hydrogens is 237 g/mol. The highest BCUT2D eigenvalue weighted by atomic mass is 32.1. The van der Waals surface area contributed by atoms with E-state index in [0.29, 0.717) is 6.04 Å². The van der Waals surface area contributed by atoms with Crippen molar-refractivity contribution in [2.24, 2.45) is 0 Å². The Morgan fingerprint density at radius 2 is 1.88 bits per heavy atom. The maximum atomic E-state index is 13.2. The van der Waals surface area contributed by atoms with Crippen molar-refractivity contribution in [2.45, 2.75) is 18.9 Å². The van der Waals surface area contributed by atoms with Gasteiger partial charge in [-0.2, -0.15) is 0 Å². The number of thiocarbonyl (C=S) groups is 1. The Morgan fingerprint density at radius 1 is 1.19 bits per heavy atom. The van der Waals surface area contributed by atoms with Gasteiger partial charge in [-0.15, -0.1) is 0 Å². The first kappa shape index (κ1) is 11.2. The second kappa shape index (κ2) is 4.29. The van der Waals surface area contributed by atoms with E-state index in [1.54, 1.807) is 0 Å². The first-order chi connectivity index (χ1) is 7.58. The van der Waals surface area contributed by atoms with Gasteiger partial charge in [0.15, 0.2) is 22.6 Å². The molecule has 0 spiro atoms. The Kier molecular flexibility index (Phi) is 3.00. The topological polar surface area (TPSA) is 24.1 Å². The minimum absolute atomic E-state index is 0.169. The van der Waals surface area contributed by atoms with Gasteiger partial charge in [0.2, 0.25) is 0 Å². The van der Waals surface area contributed by atoms with Crippen LogP contribution < -0.4 is 10.6 Å². The lowest BCUT2D eigenvalue weighted by molar-refractivity contribution is 0.449. The van der Waals surface area contributed by atoms with E-state index in [9.17, 15) is 13.2 Å². The molecule has 0 aromatic heterocycles. The average Bonchev–Trinajstić information content (AvgIpc) is 3.03. The quantitative estimate of drug-likeness (QED) is 0.619. The van der Waals surface area contributed by atoms with Gasteiger partial charge in [-0.3, -0.25) is 0 Å². The number of anilines is 1. The molecule has 0 unspecified atom stereocenters. The molecule has 0 bridgehead atoms. The molecule has 0 saturated heterocycles. The van der Waals surface area contributed by atoms with Crippen LogP contribution in [0.3, 0.4) is 0 Å². The standard InChI is InChI=1S/C10H9F3N2S/c11-6-3-4-7(9(13)8(6)12)15-10(16)14-5-1-2-5/h3-5H,1-2H2,(H2,14,15,16). The van der Waals surface area contributed by atoms with Crippen LogP contribution in [0.4, 0.5) is 18.9 Å². The molecule has 1 aliphatic rings. The van der Waals surface area contributed by atoms with E-state index in [1.165, 1.54) is 0 Å². The molecule has 0 atom stereocenters. The lowest BCUT2D eigenvalue weighted by atomic mass is 10.3. The third kappa shape index (κ3) is 2.44. The molecule has 1 aromatic rings. The van der Waals surface area contributed by atoms with Crippen molar-refractivity contribution in [1.82, 2.24) is 5.32 Å². The molecule has 1 fully saturated rings. The van der Waals surface area contributed by atoms with E-state index in [0.717, 1.165) is 25.0 Å². The summed E-state index contributed by atoms with van der Waals surface area (Å²) >= 11 is 4.88. The molecule has 6 heteroatoms. The van der Waals surface area contributed by atoms with Crippen molar-refractivity contribution in [2.75, 3.05) is 5.32 Å². The number of rotatable bonds is 2. The number of nitrogens with one attached hydrogen (secondary N) is 2. The molecule has 2 rings (SSSR count). The molecule has 2 nitrogen and oxygen atoms in total. The average molecular weight is 246 g/mol. The Morgan fingerprint density at radius 3 is 2.50 bits per heavy atom. The highest BCUT2D eigenvalue weighted by Crippen LogP contribution is 2.21. The highest BCUT2D eigenvalue weighted by molar-refractivity contribution is 7.80. The monoisotopic (exact) mass is 246 g/mol. The van der Waals surface area contributed by atoms with Gasteiger partial charge in [-0.05, 0) is 37.2 Å². The summed E-state index contributed by atoms with van der Waals surface area (Å²) < 4.78 is 38.7. The van der Waals surface area contributed by atoms with Gasteiger partial charge in [-0.25, -0.2) is 13.2 Å². The molecule has 1 aromatic carbocycles. The number of hydrogen-bond acceptors (Lipinski definition) is 1. The van der Waals surface area contributed by atoms with E-state index in [1.807, 2.05) is 0 Å². The van der Waals surface area contributed by atoms with Crippen molar-refractivity contribution < 1.29 is 13.2 Å². The van der Waals surface area contributed by atoms with Gasteiger partial charge in [0, 0.05) is 6.04 Å². The lowest BCUT2D eigenvalue weighted by Crippen LogP contribution is -2.30. The van der Waals surface area contributed by atoms with Crippen molar-refractivity contribution in [3.63, 3.8) is 0 Å². The Labute approximate surface area is 95.8 Å². The van der Waals surface area contributed by atoms with E-state index < -0.39 is 17.5 Å². The van der Waals surface area contributed by atoms with Gasteiger partial charge in [0.1, 0.15) is 0 Å². The van der Waals surface area contributed by atoms with Crippen LogP contribution in [-0.4, -0.2) is 11.2 Å². The molecule has 0 radical (unpaired) electrons. The van der Waals surface area contributed by atoms with Crippen LogP contribution in [0.5, 0.6) is 0 Å². The maximum Gasteiger partial charge on any atom is 0.196 e. The SMILES string of the molecule is Fc1ccc(NC(=S)NC2CC2)c(F)c1F. The van der Waals surface area contributed by atoms with E-state index in [4.69, 9.17) is 12.2 Å².